The molecule has 1 aromatic carbocycles. The monoisotopic (exact) mass is 265 g/mol. The number of aliphatic carboxylic acids is 1. The van der Waals surface area contributed by atoms with Crippen LogP contribution in [0.1, 0.15) is 24.8 Å². The van der Waals surface area contributed by atoms with E-state index in [2.05, 4.69) is 5.32 Å². The summed E-state index contributed by atoms with van der Waals surface area (Å²) in [7, 11) is 0. The van der Waals surface area contributed by atoms with Crippen LogP contribution in [0.15, 0.2) is 24.3 Å². The normalized spacial score (nSPS) is 9.95. The molecule has 0 aliphatic heterocycles. The van der Waals surface area contributed by atoms with Crippen LogP contribution < -0.4 is 10.1 Å². The summed E-state index contributed by atoms with van der Waals surface area (Å²) in [6.07, 6.45) is 0.779. The number of benzene rings is 1. The first kappa shape index (κ1) is 15.0. The molecule has 0 saturated carbocycles. The van der Waals surface area contributed by atoms with E-state index in [4.69, 9.17) is 9.84 Å². The molecule has 5 heteroatoms. The number of amides is 1. The average molecular weight is 265 g/mol. The number of nitrogens with one attached hydrogen (secondary N) is 1. The smallest absolute Gasteiger partial charge is 0.303 e. The van der Waals surface area contributed by atoms with Gasteiger partial charge < -0.3 is 15.2 Å². The van der Waals surface area contributed by atoms with Gasteiger partial charge in [0.05, 0.1) is 13.0 Å². The van der Waals surface area contributed by atoms with E-state index >= 15 is 0 Å². The molecule has 0 aromatic heterocycles. The van der Waals surface area contributed by atoms with Crippen LogP contribution in [-0.2, 0) is 9.59 Å². The van der Waals surface area contributed by atoms with Crippen molar-refractivity contribution in [2.75, 3.05) is 13.2 Å². The van der Waals surface area contributed by atoms with E-state index in [-0.39, 0.29) is 18.7 Å². The zero-order chi connectivity index (χ0) is 14.1. The number of para-hydroxylation sites is 1. The first-order valence-corrected chi connectivity index (χ1v) is 6.26. The van der Waals surface area contributed by atoms with Gasteiger partial charge in [0, 0.05) is 13.0 Å². The first-order valence-electron chi connectivity index (χ1n) is 6.26. The van der Waals surface area contributed by atoms with Gasteiger partial charge in [-0.3, -0.25) is 9.59 Å². The maximum Gasteiger partial charge on any atom is 0.303 e. The molecule has 0 atom stereocenters. The van der Waals surface area contributed by atoms with Crippen LogP contribution >= 0.6 is 0 Å². The number of aryl methyl sites for hydroxylation is 1. The van der Waals surface area contributed by atoms with Crippen molar-refractivity contribution in [3.05, 3.63) is 29.8 Å². The van der Waals surface area contributed by atoms with Crippen LogP contribution in [0.25, 0.3) is 0 Å². The standard InChI is InChI=1S/C14H19NO4/c1-11-5-2-3-6-12(11)19-10-8-13(16)15-9-4-7-14(17)18/h2-3,5-6H,4,7-10H2,1H3,(H,15,16)(H,17,18). The zero-order valence-electron chi connectivity index (χ0n) is 11.0. The van der Waals surface area contributed by atoms with E-state index in [1.165, 1.54) is 0 Å². The van der Waals surface area contributed by atoms with Gasteiger partial charge in [-0.1, -0.05) is 18.2 Å². The van der Waals surface area contributed by atoms with Crippen molar-refractivity contribution in [3.63, 3.8) is 0 Å². The minimum Gasteiger partial charge on any atom is -0.493 e. The topological polar surface area (TPSA) is 75.6 Å². The maximum absolute atomic E-state index is 11.4. The Morgan fingerprint density at radius 3 is 2.68 bits per heavy atom. The Morgan fingerprint density at radius 2 is 2.00 bits per heavy atom. The Kier molecular flexibility index (Phi) is 6.43. The van der Waals surface area contributed by atoms with Crippen LogP contribution in [0.4, 0.5) is 0 Å². The lowest BCUT2D eigenvalue weighted by Gasteiger charge is -2.08. The van der Waals surface area contributed by atoms with Gasteiger partial charge in [0.2, 0.25) is 5.91 Å². The van der Waals surface area contributed by atoms with E-state index in [9.17, 15) is 9.59 Å². The molecule has 0 radical (unpaired) electrons. The molecule has 0 aliphatic carbocycles. The number of carbonyl (C=O) groups excluding carboxylic acids is 1. The number of carboxylic acids is 1. The molecule has 0 fully saturated rings. The Bertz CT molecular complexity index is 431. The Hall–Kier alpha value is -2.04. The molecule has 0 heterocycles. The van der Waals surface area contributed by atoms with E-state index in [0.29, 0.717) is 19.6 Å². The predicted molar refractivity (Wildman–Crippen MR) is 71.2 cm³/mol. The second-order valence-electron chi connectivity index (χ2n) is 4.21. The fourth-order valence-electron chi connectivity index (χ4n) is 1.53. The summed E-state index contributed by atoms with van der Waals surface area (Å²) >= 11 is 0. The average Bonchev–Trinajstić information content (AvgIpc) is 2.37. The summed E-state index contributed by atoms with van der Waals surface area (Å²) in [5.41, 5.74) is 1.03. The van der Waals surface area contributed by atoms with E-state index < -0.39 is 5.97 Å². The van der Waals surface area contributed by atoms with Gasteiger partial charge in [-0.05, 0) is 25.0 Å². The zero-order valence-corrected chi connectivity index (χ0v) is 11.0. The minimum absolute atomic E-state index is 0.0694. The summed E-state index contributed by atoms with van der Waals surface area (Å²) < 4.78 is 5.50. The molecule has 0 unspecified atom stereocenters. The lowest BCUT2D eigenvalue weighted by Crippen LogP contribution is -2.26. The highest BCUT2D eigenvalue weighted by atomic mass is 16.5. The van der Waals surface area contributed by atoms with Crippen molar-refractivity contribution in [1.82, 2.24) is 5.32 Å². The molecule has 19 heavy (non-hydrogen) atoms. The van der Waals surface area contributed by atoms with Gasteiger partial charge in [0.1, 0.15) is 5.75 Å². The molecule has 1 aromatic rings. The molecule has 1 rings (SSSR count). The molecular weight excluding hydrogens is 246 g/mol. The molecule has 0 aliphatic rings. The SMILES string of the molecule is Cc1ccccc1OCCC(=O)NCCCC(=O)O. The summed E-state index contributed by atoms with van der Waals surface area (Å²) in [6.45, 7) is 2.65. The fraction of sp³-hybridized carbons (Fsp3) is 0.429. The molecule has 5 nitrogen and oxygen atoms in total. The highest BCUT2D eigenvalue weighted by molar-refractivity contribution is 5.76. The number of rotatable bonds is 8. The molecule has 2 N–H and O–H groups in total. The van der Waals surface area contributed by atoms with Crippen LogP contribution in [0.3, 0.4) is 0 Å². The largest absolute Gasteiger partial charge is 0.493 e. The number of hydrogen-bond donors (Lipinski definition) is 2. The third-order valence-electron chi connectivity index (χ3n) is 2.57. The second kappa shape index (κ2) is 8.13. The van der Waals surface area contributed by atoms with E-state index in [0.717, 1.165) is 11.3 Å². The Morgan fingerprint density at radius 1 is 1.26 bits per heavy atom. The summed E-state index contributed by atoms with van der Waals surface area (Å²) in [6, 6.07) is 7.62. The highest BCUT2D eigenvalue weighted by Crippen LogP contribution is 2.15. The Labute approximate surface area is 112 Å². The number of hydrogen-bond acceptors (Lipinski definition) is 3. The van der Waals surface area contributed by atoms with Crippen molar-refractivity contribution in [2.45, 2.75) is 26.2 Å². The summed E-state index contributed by atoms with van der Waals surface area (Å²) in [4.78, 5) is 21.7. The van der Waals surface area contributed by atoms with Gasteiger partial charge in [0.15, 0.2) is 0 Å². The minimum atomic E-state index is -0.850. The van der Waals surface area contributed by atoms with Gasteiger partial charge in [-0.15, -0.1) is 0 Å². The molecule has 0 saturated heterocycles. The Balaban J connectivity index is 2.14. The quantitative estimate of drug-likeness (QED) is 0.702. The fourth-order valence-corrected chi connectivity index (χ4v) is 1.53. The van der Waals surface area contributed by atoms with E-state index in [1.54, 1.807) is 0 Å². The molecule has 104 valence electrons. The van der Waals surface area contributed by atoms with Crippen molar-refractivity contribution >= 4 is 11.9 Å². The number of carbonyl (C=O) groups is 2. The lowest BCUT2D eigenvalue weighted by atomic mass is 10.2. The highest BCUT2D eigenvalue weighted by Gasteiger charge is 2.03. The van der Waals surface area contributed by atoms with Crippen LogP contribution in [0.2, 0.25) is 0 Å². The number of ether oxygens (including phenoxy) is 1. The first-order chi connectivity index (χ1) is 9.09. The number of carboxylic acid groups (broad SMARTS) is 1. The van der Waals surface area contributed by atoms with Crippen molar-refractivity contribution < 1.29 is 19.4 Å². The maximum atomic E-state index is 11.4. The van der Waals surface area contributed by atoms with Gasteiger partial charge in [-0.25, -0.2) is 0 Å². The van der Waals surface area contributed by atoms with Gasteiger partial charge in [-0.2, -0.15) is 0 Å². The van der Waals surface area contributed by atoms with Crippen LogP contribution in [-0.4, -0.2) is 30.1 Å². The molecule has 1 amide bonds. The summed E-state index contributed by atoms with van der Waals surface area (Å²) in [5.74, 6) is -0.197. The third kappa shape index (κ3) is 6.45. The predicted octanol–water partition coefficient (Wildman–Crippen LogP) is 1.74. The van der Waals surface area contributed by atoms with Gasteiger partial charge >= 0.3 is 5.97 Å². The summed E-state index contributed by atoms with van der Waals surface area (Å²) in [5, 5.41) is 11.1. The molecular formula is C14H19NO4. The van der Waals surface area contributed by atoms with Crippen molar-refractivity contribution in [2.24, 2.45) is 0 Å². The van der Waals surface area contributed by atoms with Gasteiger partial charge in [0.25, 0.3) is 0 Å². The van der Waals surface area contributed by atoms with Crippen molar-refractivity contribution in [3.8, 4) is 5.75 Å². The molecule has 0 bridgehead atoms. The third-order valence-corrected chi connectivity index (χ3v) is 2.57. The molecule has 0 spiro atoms. The lowest BCUT2D eigenvalue weighted by molar-refractivity contribution is -0.137. The second-order valence-corrected chi connectivity index (χ2v) is 4.21. The van der Waals surface area contributed by atoms with E-state index in [1.807, 2.05) is 31.2 Å². The van der Waals surface area contributed by atoms with Crippen LogP contribution in [0, 0.1) is 6.92 Å². The van der Waals surface area contributed by atoms with Crippen molar-refractivity contribution in [1.29, 1.82) is 0 Å². The van der Waals surface area contributed by atoms with Crippen LogP contribution in [0.5, 0.6) is 5.75 Å².